The van der Waals surface area contributed by atoms with E-state index in [4.69, 9.17) is 9.57 Å². The number of nitrogens with zero attached hydrogens (tertiary/aromatic N) is 1. The average Bonchev–Trinajstić information content (AvgIpc) is 2.52. The van der Waals surface area contributed by atoms with Crippen LogP contribution in [0.4, 0.5) is 0 Å². The first-order valence-corrected chi connectivity index (χ1v) is 6.33. The minimum absolute atomic E-state index is 0.434. The molecule has 0 aliphatic rings. The number of hydrogen-bond donors (Lipinski definition) is 0. The van der Waals surface area contributed by atoms with E-state index in [0.717, 1.165) is 22.4 Å². The SMILES string of the molecule is C=Cc1ccc(CON=Cc2ccccc2OC)cc1. The van der Waals surface area contributed by atoms with Crippen LogP contribution in [0.1, 0.15) is 16.7 Å². The van der Waals surface area contributed by atoms with Gasteiger partial charge in [0.15, 0.2) is 0 Å². The zero-order valence-corrected chi connectivity index (χ0v) is 11.5. The maximum absolute atomic E-state index is 5.28. The van der Waals surface area contributed by atoms with Gasteiger partial charge in [-0.25, -0.2) is 0 Å². The molecule has 20 heavy (non-hydrogen) atoms. The molecule has 0 heterocycles. The highest BCUT2D eigenvalue weighted by molar-refractivity contribution is 5.82. The normalized spacial score (nSPS) is 10.4. The van der Waals surface area contributed by atoms with Crippen LogP contribution in [0, 0.1) is 0 Å². The molecule has 0 unspecified atom stereocenters. The Kier molecular flexibility index (Phi) is 4.95. The van der Waals surface area contributed by atoms with Crippen molar-refractivity contribution in [3.8, 4) is 5.75 Å². The summed E-state index contributed by atoms with van der Waals surface area (Å²) in [6, 6.07) is 15.6. The van der Waals surface area contributed by atoms with E-state index in [1.165, 1.54) is 0 Å². The highest BCUT2D eigenvalue weighted by atomic mass is 16.6. The van der Waals surface area contributed by atoms with Crippen molar-refractivity contribution in [3.63, 3.8) is 0 Å². The molecule has 0 amide bonds. The summed E-state index contributed by atoms with van der Waals surface area (Å²) in [4.78, 5) is 5.28. The quantitative estimate of drug-likeness (QED) is 0.587. The molecule has 3 nitrogen and oxygen atoms in total. The van der Waals surface area contributed by atoms with Crippen LogP contribution in [-0.4, -0.2) is 13.3 Å². The molecule has 0 atom stereocenters. The topological polar surface area (TPSA) is 30.8 Å². The third-order valence-electron chi connectivity index (χ3n) is 2.85. The van der Waals surface area contributed by atoms with Crippen molar-refractivity contribution in [1.82, 2.24) is 0 Å². The van der Waals surface area contributed by atoms with Crippen molar-refractivity contribution in [3.05, 3.63) is 71.8 Å². The van der Waals surface area contributed by atoms with Gasteiger partial charge in [-0.1, -0.05) is 54.2 Å². The second-order valence-corrected chi connectivity index (χ2v) is 4.20. The van der Waals surface area contributed by atoms with Gasteiger partial charge in [0, 0.05) is 5.56 Å². The fourth-order valence-corrected chi connectivity index (χ4v) is 1.73. The lowest BCUT2D eigenvalue weighted by molar-refractivity contribution is 0.132. The smallest absolute Gasteiger partial charge is 0.142 e. The van der Waals surface area contributed by atoms with E-state index in [9.17, 15) is 0 Å². The molecule has 0 radical (unpaired) electrons. The monoisotopic (exact) mass is 267 g/mol. The first kappa shape index (κ1) is 13.9. The number of oxime groups is 1. The fourth-order valence-electron chi connectivity index (χ4n) is 1.73. The molecule has 0 aliphatic carbocycles. The summed E-state index contributed by atoms with van der Waals surface area (Å²) >= 11 is 0. The van der Waals surface area contributed by atoms with Crippen LogP contribution in [0.15, 0.2) is 60.3 Å². The van der Waals surface area contributed by atoms with Gasteiger partial charge >= 0.3 is 0 Å². The largest absolute Gasteiger partial charge is 0.496 e. The van der Waals surface area contributed by atoms with E-state index in [1.54, 1.807) is 13.3 Å². The highest BCUT2D eigenvalue weighted by Crippen LogP contribution is 2.14. The summed E-state index contributed by atoms with van der Waals surface area (Å²) in [7, 11) is 1.63. The standard InChI is InChI=1S/C17H17NO2/c1-3-14-8-10-15(11-9-14)13-20-18-12-16-6-4-5-7-17(16)19-2/h3-12H,1,13H2,2H3. The molecule has 0 saturated heterocycles. The molecule has 0 fully saturated rings. The van der Waals surface area contributed by atoms with Gasteiger partial charge < -0.3 is 9.57 Å². The Labute approximate surface area is 119 Å². The molecule has 2 aromatic rings. The zero-order chi connectivity index (χ0) is 14.2. The van der Waals surface area contributed by atoms with E-state index in [0.29, 0.717) is 6.61 Å². The Morgan fingerprint density at radius 1 is 1.10 bits per heavy atom. The van der Waals surface area contributed by atoms with Crippen LogP contribution in [0.5, 0.6) is 5.75 Å². The molecule has 2 aromatic carbocycles. The number of rotatable bonds is 6. The van der Waals surface area contributed by atoms with Crippen LogP contribution in [0.3, 0.4) is 0 Å². The van der Waals surface area contributed by atoms with Crippen molar-refractivity contribution >= 4 is 12.3 Å². The van der Waals surface area contributed by atoms with E-state index in [1.807, 2.05) is 54.6 Å². The van der Waals surface area contributed by atoms with Gasteiger partial charge in [-0.05, 0) is 23.3 Å². The fraction of sp³-hybridized carbons (Fsp3) is 0.118. The summed E-state index contributed by atoms with van der Waals surface area (Å²) < 4.78 is 5.23. The second-order valence-electron chi connectivity index (χ2n) is 4.20. The van der Waals surface area contributed by atoms with E-state index < -0.39 is 0 Å². The number of ether oxygens (including phenoxy) is 1. The van der Waals surface area contributed by atoms with Gasteiger partial charge in [-0.15, -0.1) is 0 Å². The Morgan fingerprint density at radius 2 is 1.85 bits per heavy atom. The first-order chi connectivity index (χ1) is 9.83. The Bertz CT molecular complexity index is 588. The summed E-state index contributed by atoms with van der Waals surface area (Å²) in [6.07, 6.45) is 3.46. The van der Waals surface area contributed by atoms with Crippen molar-refractivity contribution in [2.24, 2.45) is 5.16 Å². The maximum atomic E-state index is 5.28. The molecule has 3 heteroatoms. The van der Waals surface area contributed by atoms with Crippen molar-refractivity contribution in [2.45, 2.75) is 6.61 Å². The van der Waals surface area contributed by atoms with Gasteiger partial charge in [-0.3, -0.25) is 0 Å². The molecule has 0 bridgehead atoms. The van der Waals surface area contributed by atoms with Gasteiger partial charge in [0.1, 0.15) is 12.4 Å². The lowest BCUT2D eigenvalue weighted by Crippen LogP contribution is -1.91. The number of methoxy groups -OCH3 is 1. The van der Waals surface area contributed by atoms with Crippen molar-refractivity contribution in [1.29, 1.82) is 0 Å². The van der Waals surface area contributed by atoms with Crippen LogP contribution in [-0.2, 0) is 11.4 Å². The maximum Gasteiger partial charge on any atom is 0.142 e. The number of benzene rings is 2. The molecule has 0 aliphatic heterocycles. The summed E-state index contributed by atoms with van der Waals surface area (Å²) in [5.41, 5.74) is 3.04. The van der Waals surface area contributed by atoms with Gasteiger partial charge in [0.25, 0.3) is 0 Å². The lowest BCUT2D eigenvalue weighted by Gasteiger charge is -2.03. The van der Waals surface area contributed by atoms with Gasteiger partial charge in [0.05, 0.1) is 13.3 Å². The zero-order valence-electron chi connectivity index (χ0n) is 11.5. The molecule has 2 rings (SSSR count). The highest BCUT2D eigenvalue weighted by Gasteiger charge is 1.97. The van der Waals surface area contributed by atoms with Crippen LogP contribution >= 0.6 is 0 Å². The molecule has 0 N–H and O–H groups in total. The predicted molar refractivity (Wildman–Crippen MR) is 81.9 cm³/mol. The van der Waals surface area contributed by atoms with E-state index >= 15 is 0 Å². The third kappa shape index (κ3) is 3.72. The minimum Gasteiger partial charge on any atom is -0.496 e. The van der Waals surface area contributed by atoms with Crippen LogP contribution < -0.4 is 4.74 Å². The molecular formula is C17H17NO2. The third-order valence-corrected chi connectivity index (χ3v) is 2.85. The Hall–Kier alpha value is -2.55. The molecule has 0 aromatic heterocycles. The molecule has 0 saturated carbocycles. The molecular weight excluding hydrogens is 250 g/mol. The van der Waals surface area contributed by atoms with E-state index in [-0.39, 0.29) is 0 Å². The number of para-hydroxylation sites is 1. The van der Waals surface area contributed by atoms with Crippen molar-refractivity contribution in [2.75, 3.05) is 7.11 Å². The van der Waals surface area contributed by atoms with Crippen LogP contribution in [0.25, 0.3) is 6.08 Å². The Morgan fingerprint density at radius 3 is 2.55 bits per heavy atom. The first-order valence-electron chi connectivity index (χ1n) is 6.33. The van der Waals surface area contributed by atoms with Crippen molar-refractivity contribution < 1.29 is 9.57 Å². The lowest BCUT2D eigenvalue weighted by atomic mass is 10.1. The summed E-state index contributed by atoms with van der Waals surface area (Å²) in [5, 5.41) is 3.96. The van der Waals surface area contributed by atoms with E-state index in [2.05, 4.69) is 11.7 Å². The minimum atomic E-state index is 0.434. The average molecular weight is 267 g/mol. The Balaban J connectivity index is 1.91. The number of hydrogen-bond acceptors (Lipinski definition) is 3. The van der Waals surface area contributed by atoms with Gasteiger partial charge in [-0.2, -0.15) is 0 Å². The molecule has 0 spiro atoms. The van der Waals surface area contributed by atoms with Crippen LogP contribution in [0.2, 0.25) is 0 Å². The second kappa shape index (κ2) is 7.14. The van der Waals surface area contributed by atoms with Gasteiger partial charge in [0.2, 0.25) is 0 Å². The molecule has 102 valence electrons. The summed E-state index contributed by atoms with van der Waals surface area (Å²) in [5.74, 6) is 0.773. The predicted octanol–water partition coefficient (Wildman–Crippen LogP) is 3.89. The summed E-state index contributed by atoms with van der Waals surface area (Å²) in [6.45, 7) is 4.15.